The van der Waals surface area contributed by atoms with Gasteiger partial charge in [-0.2, -0.15) is 0 Å². The van der Waals surface area contributed by atoms with Crippen molar-refractivity contribution in [1.82, 2.24) is 25.9 Å². The molecule has 1 rings (SSSR count). The van der Waals surface area contributed by atoms with Gasteiger partial charge < -0.3 is 31.8 Å². The summed E-state index contributed by atoms with van der Waals surface area (Å²) in [5.74, 6) is -2.92. The molecule has 0 saturated carbocycles. The number of hydrogen-bond acceptors (Lipinski definition) is 6. The normalized spacial score (nSPS) is 14.9. The number of H-pyrrole nitrogens is 1. The molecule has 0 aliphatic carbocycles. The lowest BCUT2D eigenvalue weighted by molar-refractivity contribution is -0.142. The van der Waals surface area contributed by atoms with Crippen molar-refractivity contribution in [3.63, 3.8) is 0 Å². The minimum absolute atomic E-state index is 0.0759. The second-order valence-electron chi connectivity index (χ2n) is 8.06. The molecule has 7 N–H and O–H groups in total. The Labute approximate surface area is 181 Å². The van der Waals surface area contributed by atoms with Gasteiger partial charge in [0.2, 0.25) is 17.7 Å². The predicted molar refractivity (Wildman–Crippen MR) is 114 cm³/mol. The number of amides is 3. The molecule has 1 aromatic heterocycles. The highest BCUT2D eigenvalue weighted by molar-refractivity contribution is 5.92. The molecule has 0 fully saturated rings. The molecule has 174 valence electrons. The Morgan fingerprint density at radius 1 is 1.16 bits per heavy atom. The molecule has 3 amide bonds. The monoisotopic (exact) mass is 438 g/mol. The van der Waals surface area contributed by atoms with E-state index in [1.165, 1.54) is 6.33 Å². The van der Waals surface area contributed by atoms with Gasteiger partial charge in [0.15, 0.2) is 0 Å². The van der Waals surface area contributed by atoms with Gasteiger partial charge in [-0.05, 0) is 18.3 Å². The van der Waals surface area contributed by atoms with Gasteiger partial charge in [-0.1, -0.05) is 34.1 Å². The predicted octanol–water partition coefficient (Wildman–Crippen LogP) is -0.458. The Hall–Kier alpha value is -2.95. The first kappa shape index (κ1) is 26.1. The molecule has 0 bridgehead atoms. The molecule has 1 aromatic rings. The Bertz CT molecular complexity index is 736. The second-order valence-corrected chi connectivity index (χ2v) is 8.06. The van der Waals surface area contributed by atoms with Crippen LogP contribution in [0.1, 0.15) is 46.2 Å². The van der Waals surface area contributed by atoms with Crippen LogP contribution in [-0.2, 0) is 25.6 Å². The van der Waals surface area contributed by atoms with Gasteiger partial charge >= 0.3 is 5.97 Å². The summed E-state index contributed by atoms with van der Waals surface area (Å²) < 4.78 is 0. The van der Waals surface area contributed by atoms with E-state index in [4.69, 9.17) is 5.73 Å². The fraction of sp³-hybridized carbons (Fsp3) is 0.650. The zero-order chi connectivity index (χ0) is 23.6. The van der Waals surface area contributed by atoms with Crippen molar-refractivity contribution in [1.29, 1.82) is 0 Å². The molecule has 0 aliphatic heterocycles. The maximum Gasteiger partial charge on any atom is 0.326 e. The van der Waals surface area contributed by atoms with Gasteiger partial charge in [-0.25, -0.2) is 9.78 Å². The van der Waals surface area contributed by atoms with E-state index < -0.39 is 48.4 Å². The van der Waals surface area contributed by atoms with E-state index in [2.05, 4.69) is 25.9 Å². The summed E-state index contributed by atoms with van der Waals surface area (Å²) in [5, 5.41) is 16.7. The maximum atomic E-state index is 12.6. The Kier molecular flexibility index (Phi) is 10.7. The minimum atomic E-state index is -1.13. The first-order chi connectivity index (χ1) is 14.5. The smallest absolute Gasteiger partial charge is 0.326 e. The van der Waals surface area contributed by atoms with Crippen molar-refractivity contribution in [2.75, 3.05) is 6.54 Å². The average Bonchev–Trinajstić information content (AvgIpc) is 3.21. The van der Waals surface area contributed by atoms with E-state index >= 15 is 0 Å². The summed E-state index contributed by atoms with van der Waals surface area (Å²) in [6, 6.07) is -2.80. The molecule has 11 nitrogen and oxygen atoms in total. The number of aromatic nitrogens is 2. The van der Waals surface area contributed by atoms with Crippen LogP contribution in [0.15, 0.2) is 12.5 Å². The number of nitrogens with one attached hydrogen (secondary N) is 4. The zero-order valence-electron chi connectivity index (χ0n) is 18.5. The van der Waals surface area contributed by atoms with Crippen molar-refractivity contribution in [3.05, 3.63) is 18.2 Å². The van der Waals surface area contributed by atoms with Gasteiger partial charge in [0, 0.05) is 18.3 Å². The fourth-order valence-corrected chi connectivity index (χ4v) is 2.90. The third-order valence-corrected chi connectivity index (χ3v) is 4.89. The number of aromatic amines is 1. The standard InChI is InChI=1S/C20H34N6O5/c1-5-12(4)17(26-18(28)14(21)7-13-8-22-10-24-13)19(29)23-9-16(27)25-15(20(30)31)6-11(2)3/h8,10-12,14-15,17H,5-7,9,21H2,1-4H3,(H,22,24)(H,23,29)(H,25,27)(H,26,28)(H,30,31). The first-order valence-electron chi connectivity index (χ1n) is 10.4. The Morgan fingerprint density at radius 3 is 2.35 bits per heavy atom. The average molecular weight is 439 g/mol. The second kappa shape index (κ2) is 12.7. The van der Waals surface area contributed by atoms with Crippen LogP contribution in [0.4, 0.5) is 0 Å². The molecule has 11 heteroatoms. The number of carboxylic acids is 1. The number of aliphatic carboxylic acids is 1. The van der Waals surface area contributed by atoms with Crippen molar-refractivity contribution < 1.29 is 24.3 Å². The summed E-state index contributed by atoms with van der Waals surface area (Å²) in [6.45, 7) is 6.97. The quantitative estimate of drug-likeness (QED) is 0.241. The van der Waals surface area contributed by atoms with Gasteiger partial charge in [-0.15, -0.1) is 0 Å². The molecule has 0 radical (unpaired) electrons. The molecule has 0 saturated heterocycles. The molecule has 4 atom stereocenters. The number of nitrogens with zero attached hydrogens (tertiary/aromatic N) is 1. The largest absolute Gasteiger partial charge is 0.480 e. The molecule has 0 spiro atoms. The molecule has 0 aromatic carbocycles. The number of hydrogen-bond donors (Lipinski definition) is 6. The third kappa shape index (κ3) is 9.16. The molecule has 0 aliphatic rings. The summed E-state index contributed by atoms with van der Waals surface area (Å²) >= 11 is 0. The Balaban J connectivity index is 2.66. The topological polar surface area (TPSA) is 179 Å². The first-order valence-corrected chi connectivity index (χ1v) is 10.4. The molecule has 1 heterocycles. The van der Waals surface area contributed by atoms with Crippen molar-refractivity contribution in [2.24, 2.45) is 17.6 Å². The Morgan fingerprint density at radius 2 is 1.84 bits per heavy atom. The lowest BCUT2D eigenvalue weighted by atomic mass is 9.97. The number of carbonyl (C=O) groups is 4. The van der Waals surface area contributed by atoms with Gasteiger partial charge in [0.1, 0.15) is 12.1 Å². The summed E-state index contributed by atoms with van der Waals surface area (Å²) in [7, 11) is 0. The highest BCUT2D eigenvalue weighted by Gasteiger charge is 2.29. The number of carbonyl (C=O) groups excluding carboxylic acids is 3. The van der Waals surface area contributed by atoms with Crippen molar-refractivity contribution in [2.45, 2.75) is 65.1 Å². The molecular formula is C20H34N6O5. The van der Waals surface area contributed by atoms with E-state index in [9.17, 15) is 24.3 Å². The number of imidazole rings is 1. The lowest BCUT2D eigenvalue weighted by Gasteiger charge is -2.25. The summed E-state index contributed by atoms with van der Waals surface area (Å²) in [4.78, 5) is 55.2. The van der Waals surface area contributed by atoms with Gasteiger partial charge in [0.05, 0.1) is 18.9 Å². The van der Waals surface area contributed by atoms with Crippen LogP contribution in [-0.4, -0.2) is 63.4 Å². The van der Waals surface area contributed by atoms with E-state index in [0.717, 1.165) is 0 Å². The van der Waals surface area contributed by atoms with Gasteiger partial charge in [0.25, 0.3) is 0 Å². The van der Waals surface area contributed by atoms with E-state index in [0.29, 0.717) is 12.1 Å². The van der Waals surface area contributed by atoms with Gasteiger partial charge in [-0.3, -0.25) is 14.4 Å². The highest BCUT2D eigenvalue weighted by atomic mass is 16.4. The number of rotatable bonds is 13. The maximum absolute atomic E-state index is 12.6. The van der Waals surface area contributed by atoms with Crippen LogP contribution in [0.5, 0.6) is 0 Å². The highest BCUT2D eigenvalue weighted by Crippen LogP contribution is 2.09. The molecule has 31 heavy (non-hydrogen) atoms. The summed E-state index contributed by atoms with van der Waals surface area (Å²) in [6.07, 6.45) is 4.16. The number of carboxylic acid groups (broad SMARTS) is 1. The van der Waals surface area contributed by atoms with Crippen LogP contribution in [0.25, 0.3) is 0 Å². The van der Waals surface area contributed by atoms with Crippen LogP contribution in [0, 0.1) is 11.8 Å². The summed E-state index contributed by atoms with van der Waals surface area (Å²) in [5.41, 5.74) is 6.63. The SMILES string of the molecule is CCC(C)C(NC(=O)C(N)Cc1cnc[nH]1)C(=O)NCC(=O)NC(CC(C)C)C(=O)O. The fourth-order valence-electron chi connectivity index (χ4n) is 2.90. The van der Waals surface area contributed by atoms with Crippen LogP contribution < -0.4 is 21.7 Å². The van der Waals surface area contributed by atoms with E-state index in [1.807, 2.05) is 20.8 Å². The molecule has 4 unspecified atom stereocenters. The molecular weight excluding hydrogens is 404 g/mol. The van der Waals surface area contributed by atoms with Crippen LogP contribution in [0.2, 0.25) is 0 Å². The minimum Gasteiger partial charge on any atom is -0.480 e. The van der Waals surface area contributed by atoms with Crippen molar-refractivity contribution >= 4 is 23.7 Å². The van der Waals surface area contributed by atoms with Crippen LogP contribution in [0.3, 0.4) is 0 Å². The third-order valence-electron chi connectivity index (χ3n) is 4.89. The lowest BCUT2D eigenvalue weighted by Crippen LogP contribution is -2.56. The van der Waals surface area contributed by atoms with E-state index in [1.54, 1.807) is 13.1 Å². The zero-order valence-corrected chi connectivity index (χ0v) is 18.5. The van der Waals surface area contributed by atoms with Crippen molar-refractivity contribution in [3.8, 4) is 0 Å². The van der Waals surface area contributed by atoms with Crippen LogP contribution >= 0.6 is 0 Å². The van der Waals surface area contributed by atoms with E-state index in [-0.39, 0.29) is 24.7 Å². The number of nitrogens with two attached hydrogens (primary N) is 1.